The molecule has 4 aromatic rings. The molecule has 0 aliphatic carbocycles. The van der Waals surface area contributed by atoms with E-state index in [-0.39, 0.29) is 22.3 Å². The highest BCUT2D eigenvalue weighted by Crippen LogP contribution is 2.42. The summed E-state index contributed by atoms with van der Waals surface area (Å²) in [4.78, 5) is 33.1. The summed E-state index contributed by atoms with van der Waals surface area (Å²) in [6, 6.07) is 13.3. The number of aromatic nitrogens is 1. The summed E-state index contributed by atoms with van der Waals surface area (Å²) in [7, 11) is 1.51. The molecule has 0 bridgehead atoms. The number of ether oxygens (including phenoxy) is 2. The van der Waals surface area contributed by atoms with Gasteiger partial charge in [-0.3, -0.25) is 14.5 Å². The van der Waals surface area contributed by atoms with E-state index in [2.05, 4.69) is 4.98 Å². The lowest BCUT2D eigenvalue weighted by molar-refractivity contribution is 0.0970. The zero-order valence-electron chi connectivity index (χ0n) is 18.8. The number of anilines is 1. The van der Waals surface area contributed by atoms with Crippen LogP contribution in [0.2, 0.25) is 0 Å². The number of fused-ring (bicyclic) bond motifs is 2. The number of aryl methyl sites for hydroxylation is 1. The highest BCUT2D eigenvalue weighted by atomic mass is 19.1. The van der Waals surface area contributed by atoms with E-state index in [1.165, 1.54) is 24.1 Å². The number of benzene rings is 2. The minimum Gasteiger partial charge on any atom is -0.493 e. The number of nitrogens with zero attached hydrogens (tertiary/aromatic N) is 2. The molecule has 0 fully saturated rings. The third-order valence-electron chi connectivity index (χ3n) is 5.76. The van der Waals surface area contributed by atoms with E-state index < -0.39 is 23.2 Å². The van der Waals surface area contributed by atoms with Gasteiger partial charge in [0.15, 0.2) is 16.9 Å². The van der Waals surface area contributed by atoms with E-state index in [1.54, 1.807) is 30.3 Å². The van der Waals surface area contributed by atoms with E-state index in [0.29, 0.717) is 35.2 Å². The van der Waals surface area contributed by atoms with Crippen molar-refractivity contribution in [1.82, 2.24) is 4.98 Å². The van der Waals surface area contributed by atoms with Gasteiger partial charge >= 0.3 is 0 Å². The molecule has 172 valence electrons. The molecule has 5 rings (SSSR count). The van der Waals surface area contributed by atoms with Crippen molar-refractivity contribution in [3.05, 3.63) is 93.2 Å². The van der Waals surface area contributed by atoms with Gasteiger partial charge in [0.05, 0.1) is 30.7 Å². The average molecular weight is 460 g/mol. The van der Waals surface area contributed by atoms with E-state index >= 15 is 0 Å². The second-order valence-electron chi connectivity index (χ2n) is 7.87. The van der Waals surface area contributed by atoms with Crippen molar-refractivity contribution >= 4 is 22.7 Å². The van der Waals surface area contributed by atoms with Crippen molar-refractivity contribution in [2.45, 2.75) is 19.9 Å². The zero-order chi connectivity index (χ0) is 24.0. The van der Waals surface area contributed by atoms with E-state index in [9.17, 15) is 14.0 Å². The maximum Gasteiger partial charge on any atom is 0.296 e. The van der Waals surface area contributed by atoms with Crippen LogP contribution in [0.4, 0.5) is 10.2 Å². The van der Waals surface area contributed by atoms with Crippen LogP contribution in [0, 0.1) is 12.7 Å². The highest BCUT2D eigenvalue weighted by Gasteiger charge is 2.44. The highest BCUT2D eigenvalue weighted by molar-refractivity contribution is 6.10. The van der Waals surface area contributed by atoms with Crippen LogP contribution in [0.5, 0.6) is 11.5 Å². The molecule has 3 heterocycles. The summed E-state index contributed by atoms with van der Waals surface area (Å²) in [6.07, 6.45) is 0. The second-order valence-corrected chi connectivity index (χ2v) is 7.87. The van der Waals surface area contributed by atoms with Gasteiger partial charge in [-0.15, -0.1) is 0 Å². The summed E-state index contributed by atoms with van der Waals surface area (Å²) in [5.41, 5.74) is 1.09. The Morgan fingerprint density at radius 3 is 2.65 bits per heavy atom. The lowest BCUT2D eigenvalue weighted by Crippen LogP contribution is -2.30. The van der Waals surface area contributed by atoms with Crippen molar-refractivity contribution in [1.29, 1.82) is 0 Å². The molecular formula is C26H21FN2O5. The molecule has 0 saturated heterocycles. The molecule has 7 nitrogen and oxygen atoms in total. The normalized spacial score (nSPS) is 15.0. The molecule has 0 spiro atoms. The zero-order valence-corrected chi connectivity index (χ0v) is 18.8. The third kappa shape index (κ3) is 3.39. The Kier molecular flexibility index (Phi) is 5.28. The lowest BCUT2D eigenvalue weighted by Gasteiger charge is -2.25. The van der Waals surface area contributed by atoms with Gasteiger partial charge in [0, 0.05) is 5.69 Å². The molecule has 2 aromatic carbocycles. The number of carbonyl (C=O) groups is 1. The van der Waals surface area contributed by atoms with Gasteiger partial charge in [-0.25, -0.2) is 9.37 Å². The lowest BCUT2D eigenvalue weighted by atomic mass is 9.98. The molecular weight excluding hydrogens is 439 g/mol. The Labute approximate surface area is 194 Å². The Morgan fingerprint density at radius 2 is 1.91 bits per heavy atom. The quantitative estimate of drug-likeness (QED) is 0.426. The molecule has 0 radical (unpaired) electrons. The Hall–Kier alpha value is -4.20. The third-order valence-corrected chi connectivity index (χ3v) is 5.76. The van der Waals surface area contributed by atoms with Gasteiger partial charge in [-0.05, 0) is 61.9 Å². The Bertz CT molecular complexity index is 1500. The van der Waals surface area contributed by atoms with Gasteiger partial charge in [0.1, 0.15) is 17.2 Å². The number of hydrogen-bond donors (Lipinski definition) is 0. The predicted octanol–water partition coefficient (Wildman–Crippen LogP) is 4.79. The van der Waals surface area contributed by atoms with Crippen molar-refractivity contribution in [2.24, 2.45) is 0 Å². The average Bonchev–Trinajstić information content (AvgIpc) is 3.12. The van der Waals surface area contributed by atoms with Crippen LogP contribution >= 0.6 is 0 Å². The fourth-order valence-electron chi connectivity index (χ4n) is 4.29. The van der Waals surface area contributed by atoms with Crippen LogP contribution in [0.3, 0.4) is 0 Å². The summed E-state index contributed by atoms with van der Waals surface area (Å²) in [5, 5.41) is 0.0634. The van der Waals surface area contributed by atoms with Crippen LogP contribution in [-0.2, 0) is 0 Å². The SMILES string of the molecule is CCOc1ccc([C@H]2c3c(oc4ccc(F)cc4c3=O)C(=O)N2c2cccc(C)n2)cc1OC. The van der Waals surface area contributed by atoms with Gasteiger partial charge in [-0.2, -0.15) is 0 Å². The molecule has 1 aliphatic heterocycles. The van der Waals surface area contributed by atoms with Gasteiger partial charge in [0.25, 0.3) is 5.91 Å². The molecule has 1 aliphatic rings. The molecule has 8 heteroatoms. The van der Waals surface area contributed by atoms with E-state index in [0.717, 1.165) is 6.07 Å². The molecule has 1 amide bonds. The van der Waals surface area contributed by atoms with Crippen molar-refractivity contribution in [2.75, 3.05) is 18.6 Å². The molecule has 0 unspecified atom stereocenters. The van der Waals surface area contributed by atoms with E-state index in [4.69, 9.17) is 13.9 Å². The molecule has 0 N–H and O–H groups in total. The molecule has 1 atom stereocenters. The van der Waals surface area contributed by atoms with Crippen molar-refractivity contribution < 1.29 is 23.1 Å². The van der Waals surface area contributed by atoms with Gasteiger partial charge in [-0.1, -0.05) is 12.1 Å². The second kappa shape index (κ2) is 8.30. The van der Waals surface area contributed by atoms with Crippen LogP contribution in [0.25, 0.3) is 11.0 Å². The first-order valence-corrected chi connectivity index (χ1v) is 10.8. The van der Waals surface area contributed by atoms with Crippen LogP contribution in [-0.4, -0.2) is 24.6 Å². The van der Waals surface area contributed by atoms with Crippen LogP contribution in [0.1, 0.15) is 40.3 Å². The summed E-state index contributed by atoms with van der Waals surface area (Å²) in [5.74, 6) is 0.184. The first-order valence-electron chi connectivity index (χ1n) is 10.8. The smallest absolute Gasteiger partial charge is 0.296 e. The summed E-state index contributed by atoms with van der Waals surface area (Å²) >= 11 is 0. The number of amides is 1. The maximum absolute atomic E-state index is 14.0. The Morgan fingerprint density at radius 1 is 1.09 bits per heavy atom. The van der Waals surface area contributed by atoms with E-state index in [1.807, 2.05) is 19.9 Å². The van der Waals surface area contributed by atoms with Crippen LogP contribution in [0.15, 0.2) is 63.8 Å². The first-order chi connectivity index (χ1) is 16.4. The monoisotopic (exact) mass is 460 g/mol. The summed E-state index contributed by atoms with van der Waals surface area (Å²) in [6.45, 7) is 4.12. The number of methoxy groups -OCH3 is 1. The number of hydrogen-bond acceptors (Lipinski definition) is 6. The topological polar surface area (TPSA) is 81.9 Å². The Balaban J connectivity index is 1.80. The fraction of sp³-hybridized carbons (Fsp3) is 0.192. The van der Waals surface area contributed by atoms with Gasteiger partial charge in [0.2, 0.25) is 5.76 Å². The molecule has 2 aromatic heterocycles. The van der Waals surface area contributed by atoms with Crippen molar-refractivity contribution in [3.63, 3.8) is 0 Å². The first kappa shape index (κ1) is 21.6. The predicted molar refractivity (Wildman–Crippen MR) is 124 cm³/mol. The fourth-order valence-corrected chi connectivity index (χ4v) is 4.29. The van der Waals surface area contributed by atoms with Gasteiger partial charge < -0.3 is 13.9 Å². The number of carbonyl (C=O) groups excluding carboxylic acids is 1. The number of halogens is 1. The summed E-state index contributed by atoms with van der Waals surface area (Å²) < 4.78 is 30.9. The standard InChI is InChI=1S/C26H21FN2O5/c1-4-33-19-10-8-15(12-20(19)32-3)23-22-24(30)17-13-16(27)9-11-18(17)34-25(22)26(31)29(23)21-7-5-6-14(2)28-21/h5-13,23H,4H2,1-3H3/t23-/m0/s1. The van der Waals surface area contributed by atoms with Crippen molar-refractivity contribution in [3.8, 4) is 11.5 Å². The largest absolute Gasteiger partial charge is 0.493 e. The number of rotatable bonds is 5. The molecule has 34 heavy (non-hydrogen) atoms. The minimum atomic E-state index is -0.856. The molecule has 0 saturated carbocycles. The maximum atomic E-state index is 14.0. The minimum absolute atomic E-state index is 0.0634. The number of pyridine rings is 1. The van der Waals surface area contributed by atoms with Crippen LogP contribution < -0.4 is 19.8 Å².